The van der Waals surface area contributed by atoms with Crippen LogP contribution < -0.4 is 0 Å². The number of aromatic nitrogens is 1. The lowest BCUT2D eigenvalue weighted by atomic mass is 10.1. The Labute approximate surface area is 92.9 Å². The third-order valence-corrected chi connectivity index (χ3v) is 1.66. The molecule has 0 bridgehead atoms. The molecule has 0 aliphatic heterocycles. The zero-order valence-electron chi connectivity index (χ0n) is 9.77. The van der Waals surface area contributed by atoms with Crippen LogP contribution in [0.3, 0.4) is 0 Å². The molecule has 1 heteroatoms. The Bertz CT molecular complexity index is 320. The van der Waals surface area contributed by atoms with E-state index in [-0.39, 0.29) is 0 Å². The number of pyridine rings is 1. The molecule has 0 N–H and O–H groups in total. The first-order chi connectivity index (χ1) is 7.38. The first kappa shape index (κ1) is 13.4. The molecule has 1 aromatic heterocycles. The minimum Gasteiger partial charge on any atom is -0.265 e. The predicted molar refractivity (Wildman–Crippen MR) is 68.6 cm³/mol. The van der Waals surface area contributed by atoms with E-state index in [0.29, 0.717) is 0 Å². The SMILES string of the molecule is C=C/C=C(\C=C/C)c1ccncc1.CC. The minimum atomic E-state index is 1.15. The Morgan fingerprint density at radius 1 is 1.27 bits per heavy atom. The molecular weight excluding hydrogens is 182 g/mol. The average molecular weight is 201 g/mol. The third kappa shape index (κ3) is 4.96. The van der Waals surface area contributed by atoms with Gasteiger partial charge in [-0.2, -0.15) is 0 Å². The number of hydrogen-bond acceptors (Lipinski definition) is 1. The standard InChI is InChI=1S/C12H13N.C2H6/c1-3-5-11(6-4-2)12-7-9-13-10-8-12;1-2/h3-10H,1H2,2H3;1-2H3/b6-4-,11-5+;. The van der Waals surface area contributed by atoms with E-state index < -0.39 is 0 Å². The number of allylic oxidation sites excluding steroid dienone is 5. The molecule has 0 spiro atoms. The van der Waals surface area contributed by atoms with Gasteiger partial charge in [-0.25, -0.2) is 0 Å². The lowest BCUT2D eigenvalue weighted by Crippen LogP contribution is -1.80. The highest BCUT2D eigenvalue weighted by Gasteiger charge is 1.93. The quantitative estimate of drug-likeness (QED) is 0.666. The molecule has 1 rings (SSSR count). The fourth-order valence-corrected chi connectivity index (χ4v) is 1.10. The van der Waals surface area contributed by atoms with Crippen molar-refractivity contribution in [2.75, 3.05) is 0 Å². The van der Waals surface area contributed by atoms with Crippen molar-refractivity contribution in [2.45, 2.75) is 20.8 Å². The highest BCUT2D eigenvalue weighted by molar-refractivity contribution is 5.74. The Hall–Kier alpha value is -1.63. The molecule has 1 nitrogen and oxygen atoms in total. The van der Waals surface area contributed by atoms with Gasteiger partial charge in [0.2, 0.25) is 0 Å². The van der Waals surface area contributed by atoms with Crippen LogP contribution in [0.5, 0.6) is 0 Å². The molecule has 0 amide bonds. The maximum Gasteiger partial charge on any atom is 0.0273 e. The van der Waals surface area contributed by atoms with Crippen molar-refractivity contribution in [2.24, 2.45) is 0 Å². The van der Waals surface area contributed by atoms with Gasteiger partial charge >= 0.3 is 0 Å². The van der Waals surface area contributed by atoms with Crippen molar-refractivity contribution < 1.29 is 0 Å². The fourth-order valence-electron chi connectivity index (χ4n) is 1.10. The molecule has 0 fully saturated rings. The summed E-state index contributed by atoms with van der Waals surface area (Å²) in [4.78, 5) is 3.97. The van der Waals surface area contributed by atoms with Gasteiger partial charge in [-0.1, -0.05) is 44.7 Å². The number of hydrogen-bond donors (Lipinski definition) is 0. The van der Waals surface area contributed by atoms with Gasteiger partial charge in [0.05, 0.1) is 0 Å². The van der Waals surface area contributed by atoms with Gasteiger partial charge < -0.3 is 0 Å². The maximum atomic E-state index is 3.97. The first-order valence-electron chi connectivity index (χ1n) is 5.24. The maximum absolute atomic E-state index is 3.97. The Balaban J connectivity index is 0.000000921. The molecule has 0 aliphatic rings. The summed E-state index contributed by atoms with van der Waals surface area (Å²) in [5.41, 5.74) is 2.31. The molecule has 15 heavy (non-hydrogen) atoms. The average Bonchev–Trinajstić information content (AvgIpc) is 2.33. The molecule has 0 saturated carbocycles. The second kappa shape index (κ2) is 8.95. The van der Waals surface area contributed by atoms with Crippen molar-refractivity contribution in [1.29, 1.82) is 0 Å². The van der Waals surface area contributed by atoms with Crippen LogP contribution in [0.25, 0.3) is 5.57 Å². The van der Waals surface area contributed by atoms with E-state index in [1.807, 2.05) is 45.1 Å². The van der Waals surface area contributed by atoms with E-state index in [1.165, 1.54) is 0 Å². The minimum absolute atomic E-state index is 1.15. The van der Waals surface area contributed by atoms with E-state index in [4.69, 9.17) is 0 Å². The van der Waals surface area contributed by atoms with Crippen LogP contribution in [0, 0.1) is 0 Å². The van der Waals surface area contributed by atoms with E-state index in [9.17, 15) is 0 Å². The fraction of sp³-hybridized carbons (Fsp3) is 0.214. The molecule has 0 radical (unpaired) electrons. The summed E-state index contributed by atoms with van der Waals surface area (Å²) in [6.45, 7) is 9.68. The first-order valence-corrected chi connectivity index (χ1v) is 5.24. The van der Waals surface area contributed by atoms with Gasteiger partial charge in [0.25, 0.3) is 0 Å². The van der Waals surface area contributed by atoms with Gasteiger partial charge in [-0.3, -0.25) is 4.98 Å². The molecule has 0 aromatic carbocycles. The van der Waals surface area contributed by atoms with Crippen molar-refractivity contribution in [3.05, 3.63) is 61.0 Å². The van der Waals surface area contributed by atoms with Crippen LogP contribution in [0.1, 0.15) is 26.3 Å². The summed E-state index contributed by atoms with van der Waals surface area (Å²) < 4.78 is 0. The van der Waals surface area contributed by atoms with E-state index in [2.05, 4.69) is 17.6 Å². The Morgan fingerprint density at radius 3 is 2.33 bits per heavy atom. The summed E-state index contributed by atoms with van der Waals surface area (Å²) in [6, 6.07) is 3.96. The Kier molecular flexibility index (Phi) is 7.97. The molecule has 0 saturated heterocycles. The van der Waals surface area contributed by atoms with E-state index in [0.717, 1.165) is 11.1 Å². The van der Waals surface area contributed by atoms with Gasteiger partial charge in [0.1, 0.15) is 0 Å². The highest BCUT2D eigenvalue weighted by atomic mass is 14.6. The van der Waals surface area contributed by atoms with Crippen LogP contribution in [-0.2, 0) is 0 Å². The summed E-state index contributed by atoms with van der Waals surface area (Å²) >= 11 is 0. The normalized spacial score (nSPS) is 10.7. The van der Waals surface area contributed by atoms with Crippen LogP contribution in [0.4, 0.5) is 0 Å². The lowest BCUT2D eigenvalue weighted by Gasteiger charge is -1.99. The third-order valence-electron chi connectivity index (χ3n) is 1.66. The van der Waals surface area contributed by atoms with E-state index in [1.54, 1.807) is 18.5 Å². The topological polar surface area (TPSA) is 12.9 Å². The molecule has 1 aromatic rings. The van der Waals surface area contributed by atoms with Crippen LogP contribution >= 0.6 is 0 Å². The second-order valence-corrected chi connectivity index (χ2v) is 2.59. The van der Waals surface area contributed by atoms with Gasteiger partial charge in [-0.15, -0.1) is 0 Å². The van der Waals surface area contributed by atoms with Crippen LogP contribution in [-0.4, -0.2) is 4.98 Å². The highest BCUT2D eigenvalue weighted by Crippen LogP contribution is 2.14. The Morgan fingerprint density at radius 2 is 1.87 bits per heavy atom. The van der Waals surface area contributed by atoms with Gasteiger partial charge in [0, 0.05) is 12.4 Å². The molecule has 0 unspecified atom stereocenters. The van der Waals surface area contributed by atoms with Gasteiger partial charge in [0.15, 0.2) is 0 Å². The number of nitrogens with zero attached hydrogens (tertiary/aromatic N) is 1. The van der Waals surface area contributed by atoms with Crippen molar-refractivity contribution in [3.63, 3.8) is 0 Å². The summed E-state index contributed by atoms with van der Waals surface area (Å²) in [5, 5.41) is 0. The molecule has 0 aliphatic carbocycles. The lowest BCUT2D eigenvalue weighted by molar-refractivity contribution is 1.32. The molecule has 0 atom stereocenters. The van der Waals surface area contributed by atoms with Gasteiger partial charge in [-0.05, 0) is 30.2 Å². The smallest absolute Gasteiger partial charge is 0.0273 e. The van der Waals surface area contributed by atoms with Crippen molar-refractivity contribution >= 4 is 5.57 Å². The summed E-state index contributed by atoms with van der Waals surface area (Å²) in [5.74, 6) is 0. The van der Waals surface area contributed by atoms with Crippen molar-refractivity contribution in [3.8, 4) is 0 Å². The predicted octanol–water partition coefficient (Wildman–Crippen LogP) is 4.25. The van der Waals surface area contributed by atoms with Crippen LogP contribution in [0.2, 0.25) is 0 Å². The molecular formula is C14H19N. The van der Waals surface area contributed by atoms with Crippen molar-refractivity contribution in [1.82, 2.24) is 4.98 Å². The molecule has 1 heterocycles. The summed E-state index contributed by atoms with van der Waals surface area (Å²) in [7, 11) is 0. The largest absolute Gasteiger partial charge is 0.265 e. The monoisotopic (exact) mass is 201 g/mol. The second-order valence-electron chi connectivity index (χ2n) is 2.59. The van der Waals surface area contributed by atoms with Crippen LogP contribution in [0.15, 0.2) is 55.4 Å². The summed E-state index contributed by atoms with van der Waals surface area (Å²) in [6.07, 6.45) is 11.4. The molecule has 80 valence electrons. The zero-order chi connectivity index (χ0) is 11.5. The van der Waals surface area contributed by atoms with E-state index >= 15 is 0 Å². The number of rotatable bonds is 3. The zero-order valence-corrected chi connectivity index (χ0v) is 9.77.